The molecule has 2 heterocycles. The Morgan fingerprint density at radius 1 is 1.08 bits per heavy atom. The minimum Gasteiger partial charge on any atom is -0.497 e. The standard InChI is InChI=1S/C28H31F5N2O3/c1-37-19-2-3-25-21(12-19)26(18(15-29)16-34-25)22(30)4-5-28(17-36)6-8-35(9-7-28)10-11-38-20-13-23(31)27(33)24(32)14-20/h2-3,12-14,16,22,36H,4-11,15,17H2,1H3/t22-/m1/s1. The Hall–Kier alpha value is -2.98. The van der Waals surface area contributed by atoms with Crippen molar-refractivity contribution < 1.29 is 36.5 Å². The quantitative estimate of drug-likeness (QED) is 0.237. The molecule has 1 aliphatic heterocycles. The van der Waals surface area contributed by atoms with Gasteiger partial charge in [-0.3, -0.25) is 9.88 Å². The van der Waals surface area contributed by atoms with Crippen LogP contribution in [-0.4, -0.2) is 54.9 Å². The van der Waals surface area contributed by atoms with E-state index in [1.54, 1.807) is 18.2 Å². The Bertz CT molecular complexity index is 1220. The molecular formula is C28H31F5N2O3. The van der Waals surface area contributed by atoms with Crippen molar-refractivity contribution in [2.45, 2.75) is 38.5 Å². The van der Waals surface area contributed by atoms with Crippen molar-refractivity contribution in [3.63, 3.8) is 0 Å². The fraction of sp³-hybridized carbons (Fsp3) is 0.464. The Labute approximate surface area is 218 Å². The highest BCUT2D eigenvalue weighted by Gasteiger charge is 2.35. The second kappa shape index (κ2) is 12.3. The first-order valence-corrected chi connectivity index (χ1v) is 12.6. The van der Waals surface area contributed by atoms with E-state index < -0.39 is 35.7 Å². The molecule has 1 N–H and O–H groups in total. The number of hydrogen-bond donors (Lipinski definition) is 1. The summed E-state index contributed by atoms with van der Waals surface area (Å²) in [7, 11) is 1.51. The Morgan fingerprint density at radius 2 is 1.79 bits per heavy atom. The summed E-state index contributed by atoms with van der Waals surface area (Å²) in [6.07, 6.45) is 1.71. The number of methoxy groups -OCH3 is 1. The number of ether oxygens (including phenoxy) is 2. The topological polar surface area (TPSA) is 54.8 Å². The molecule has 2 aromatic carbocycles. The summed E-state index contributed by atoms with van der Waals surface area (Å²) in [5, 5.41) is 10.7. The summed E-state index contributed by atoms with van der Waals surface area (Å²) in [5.41, 5.74) is 0.556. The number of piperidine rings is 1. The smallest absolute Gasteiger partial charge is 0.194 e. The van der Waals surface area contributed by atoms with E-state index in [0.717, 1.165) is 12.1 Å². The second-order valence-corrected chi connectivity index (χ2v) is 9.77. The maximum absolute atomic E-state index is 15.7. The molecule has 0 spiro atoms. The number of pyridine rings is 1. The normalized spacial score (nSPS) is 16.5. The van der Waals surface area contributed by atoms with Gasteiger partial charge in [-0.25, -0.2) is 22.0 Å². The highest BCUT2D eigenvalue weighted by Crippen LogP contribution is 2.41. The van der Waals surface area contributed by atoms with E-state index >= 15 is 4.39 Å². The van der Waals surface area contributed by atoms with Gasteiger partial charge in [0.2, 0.25) is 0 Å². The first-order chi connectivity index (χ1) is 18.3. The summed E-state index contributed by atoms with van der Waals surface area (Å²) in [6, 6.07) is 6.70. The molecule has 10 heteroatoms. The molecule has 206 valence electrons. The SMILES string of the molecule is COc1ccc2ncc(CF)c([C@H](F)CCC3(CO)CCN(CCOc4cc(F)c(F)c(F)c4)CC3)c2c1. The van der Waals surface area contributed by atoms with Crippen molar-refractivity contribution in [3.05, 3.63) is 65.1 Å². The number of alkyl halides is 2. The van der Waals surface area contributed by atoms with Gasteiger partial charge in [0.05, 0.1) is 12.6 Å². The molecule has 5 nitrogen and oxygen atoms in total. The first-order valence-electron chi connectivity index (χ1n) is 12.6. The van der Waals surface area contributed by atoms with Gasteiger partial charge < -0.3 is 14.6 Å². The molecule has 1 aliphatic rings. The highest BCUT2D eigenvalue weighted by molar-refractivity contribution is 5.85. The summed E-state index contributed by atoms with van der Waals surface area (Å²) in [4.78, 5) is 6.33. The van der Waals surface area contributed by atoms with Gasteiger partial charge >= 0.3 is 0 Å². The van der Waals surface area contributed by atoms with E-state index in [9.17, 15) is 22.7 Å². The van der Waals surface area contributed by atoms with Crippen molar-refractivity contribution in [1.29, 1.82) is 0 Å². The van der Waals surface area contributed by atoms with E-state index in [1.165, 1.54) is 13.3 Å². The van der Waals surface area contributed by atoms with Crippen LogP contribution in [0, 0.1) is 22.9 Å². The zero-order valence-corrected chi connectivity index (χ0v) is 21.2. The molecule has 0 radical (unpaired) electrons. The second-order valence-electron chi connectivity index (χ2n) is 9.77. The fourth-order valence-electron chi connectivity index (χ4n) is 5.06. The van der Waals surface area contributed by atoms with Gasteiger partial charge in [0.1, 0.15) is 31.0 Å². The van der Waals surface area contributed by atoms with Crippen molar-refractivity contribution in [1.82, 2.24) is 9.88 Å². The minimum absolute atomic E-state index is 0.0917. The van der Waals surface area contributed by atoms with Crippen molar-refractivity contribution in [2.24, 2.45) is 5.41 Å². The molecule has 0 amide bonds. The number of aliphatic hydroxyl groups excluding tert-OH is 1. The van der Waals surface area contributed by atoms with Crippen LogP contribution in [0.5, 0.6) is 11.5 Å². The predicted octanol–water partition coefficient (Wildman–Crippen LogP) is 6.07. The van der Waals surface area contributed by atoms with Crippen LogP contribution in [-0.2, 0) is 6.67 Å². The van der Waals surface area contributed by atoms with Gasteiger partial charge in [-0.15, -0.1) is 0 Å². The zero-order chi connectivity index (χ0) is 27.3. The zero-order valence-electron chi connectivity index (χ0n) is 21.2. The van der Waals surface area contributed by atoms with Gasteiger partial charge in [0.25, 0.3) is 0 Å². The van der Waals surface area contributed by atoms with E-state index in [2.05, 4.69) is 9.88 Å². The average molecular weight is 539 g/mol. The molecule has 4 rings (SSSR count). The molecule has 3 aromatic rings. The number of nitrogens with zero attached hydrogens (tertiary/aromatic N) is 2. The molecule has 38 heavy (non-hydrogen) atoms. The summed E-state index contributed by atoms with van der Waals surface area (Å²) >= 11 is 0. The number of rotatable bonds is 11. The first kappa shape index (κ1) is 28.0. The molecule has 1 fully saturated rings. The molecule has 1 saturated heterocycles. The summed E-state index contributed by atoms with van der Waals surface area (Å²) < 4.78 is 79.9. The van der Waals surface area contributed by atoms with Crippen LogP contribution in [0.1, 0.15) is 43.0 Å². The maximum Gasteiger partial charge on any atom is 0.194 e. The largest absolute Gasteiger partial charge is 0.497 e. The third-order valence-corrected chi connectivity index (χ3v) is 7.47. The molecular weight excluding hydrogens is 507 g/mol. The Balaban J connectivity index is 1.34. The van der Waals surface area contributed by atoms with Crippen LogP contribution in [0.25, 0.3) is 10.9 Å². The van der Waals surface area contributed by atoms with E-state index in [-0.39, 0.29) is 36.5 Å². The number of halogens is 5. The Kier molecular flexibility index (Phi) is 9.04. The molecule has 0 bridgehead atoms. The number of likely N-dealkylation sites (tertiary alicyclic amines) is 1. The van der Waals surface area contributed by atoms with Crippen LogP contribution >= 0.6 is 0 Å². The van der Waals surface area contributed by atoms with E-state index in [4.69, 9.17) is 9.47 Å². The van der Waals surface area contributed by atoms with Crippen molar-refractivity contribution in [3.8, 4) is 11.5 Å². The summed E-state index contributed by atoms with van der Waals surface area (Å²) in [5.74, 6) is -3.72. The number of benzene rings is 2. The fourth-order valence-corrected chi connectivity index (χ4v) is 5.06. The van der Waals surface area contributed by atoms with Crippen LogP contribution in [0.2, 0.25) is 0 Å². The lowest BCUT2D eigenvalue weighted by Gasteiger charge is -2.41. The van der Waals surface area contributed by atoms with Crippen molar-refractivity contribution >= 4 is 10.9 Å². The lowest BCUT2D eigenvalue weighted by Crippen LogP contribution is -2.43. The minimum atomic E-state index is -1.54. The molecule has 0 unspecified atom stereocenters. The third kappa shape index (κ3) is 6.18. The number of hydrogen-bond acceptors (Lipinski definition) is 5. The summed E-state index contributed by atoms with van der Waals surface area (Å²) in [6.45, 7) is 0.928. The third-order valence-electron chi connectivity index (χ3n) is 7.47. The van der Waals surface area contributed by atoms with Crippen LogP contribution in [0.4, 0.5) is 22.0 Å². The van der Waals surface area contributed by atoms with Crippen LogP contribution in [0.3, 0.4) is 0 Å². The van der Waals surface area contributed by atoms with Gasteiger partial charge in [-0.05, 0) is 62.4 Å². The average Bonchev–Trinajstić information content (AvgIpc) is 2.94. The number of fused-ring (bicyclic) bond motifs is 1. The maximum atomic E-state index is 15.7. The lowest BCUT2D eigenvalue weighted by molar-refractivity contribution is 0.0265. The highest BCUT2D eigenvalue weighted by atomic mass is 19.2. The predicted molar refractivity (Wildman–Crippen MR) is 133 cm³/mol. The molecule has 1 aromatic heterocycles. The van der Waals surface area contributed by atoms with E-state index in [0.29, 0.717) is 55.5 Å². The molecule has 0 saturated carbocycles. The van der Waals surface area contributed by atoms with Gasteiger partial charge in [0, 0.05) is 48.0 Å². The molecule has 1 atom stereocenters. The van der Waals surface area contributed by atoms with Gasteiger partial charge in [-0.1, -0.05) is 0 Å². The van der Waals surface area contributed by atoms with E-state index in [1.807, 2.05) is 0 Å². The molecule has 0 aliphatic carbocycles. The van der Waals surface area contributed by atoms with Gasteiger partial charge in [-0.2, -0.15) is 0 Å². The van der Waals surface area contributed by atoms with Gasteiger partial charge in [0.15, 0.2) is 17.5 Å². The Morgan fingerprint density at radius 3 is 2.42 bits per heavy atom. The number of aliphatic hydroxyl groups is 1. The van der Waals surface area contributed by atoms with Crippen LogP contribution in [0.15, 0.2) is 36.5 Å². The van der Waals surface area contributed by atoms with Crippen molar-refractivity contribution in [2.75, 3.05) is 40.0 Å². The monoisotopic (exact) mass is 538 g/mol. The van der Waals surface area contributed by atoms with Crippen LogP contribution < -0.4 is 9.47 Å². The lowest BCUT2D eigenvalue weighted by atomic mass is 9.74. The number of aromatic nitrogens is 1.